The number of carbonyl (C=O) groups is 2. The lowest BCUT2D eigenvalue weighted by molar-refractivity contribution is -0.146. The number of para-hydroxylation sites is 1. The van der Waals surface area contributed by atoms with Crippen LogP contribution in [-0.2, 0) is 9.53 Å². The molecule has 5 heteroatoms. The molecule has 2 atom stereocenters. The van der Waals surface area contributed by atoms with E-state index in [0.29, 0.717) is 12.4 Å². The van der Waals surface area contributed by atoms with Crippen LogP contribution in [0.5, 0.6) is 5.75 Å². The van der Waals surface area contributed by atoms with Crippen molar-refractivity contribution in [3.63, 3.8) is 0 Å². The van der Waals surface area contributed by atoms with Gasteiger partial charge in [-0.2, -0.15) is 0 Å². The van der Waals surface area contributed by atoms with E-state index >= 15 is 0 Å². The van der Waals surface area contributed by atoms with Crippen molar-refractivity contribution in [3.05, 3.63) is 90.3 Å². The van der Waals surface area contributed by atoms with Gasteiger partial charge in [0, 0.05) is 18.3 Å². The summed E-state index contributed by atoms with van der Waals surface area (Å²) in [5, 5.41) is 0. The maximum atomic E-state index is 12.6. The predicted octanol–water partition coefficient (Wildman–Crippen LogP) is 4.88. The molecule has 0 radical (unpaired) electrons. The molecule has 144 valence electrons. The van der Waals surface area contributed by atoms with Gasteiger partial charge in [-0.15, -0.1) is 0 Å². The van der Waals surface area contributed by atoms with E-state index in [1.165, 1.54) is 4.90 Å². The lowest BCUT2D eigenvalue weighted by Gasteiger charge is -2.28. The summed E-state index contributed by atoms with van der Waals surface area (Å²) in [6.07, 6.45) is 4.70. The number of allylic oxidation sites excluding steroid dienone is 1. The van der Waals surface area contributed by atoms with Crippen molar-refractivity contribution in [2.75, 3.05) is 6.61 Å². The van der Waals surface area contributed by atoms with Crippen molar-refractivity contribution in [2.24, 2.45) is 5.92 Å². The fourth-order valence-corrected chi connectivity index (χ4v) is 3.08. The molecule has 2 unspecified atom stereocenters. The number of esters is 1. The van der Waals surface area contributed by atoms with E-state index in [4.69, 9.17) is 9.47 Å². The van der Waals surface area contributed by atoms with Crippen LogP contribution in [0.3, 0.4) is 0 Å². The van der Waals surface area contributed by atoms with Crippen LogP contribution in [0.2, 0.25) is 0 Å². The molecule has 1 aliphatic heterocycles. The number of amides is 1. The Morgan fingerprint density at radius 3 is 2.32 bits per heavy atom. The highest BCUT2D eigenvalue weighted by Gasteiger charge is 2.30. The molecular weight excluding hydrogens is 354 g/mol. The largest absolute Gasteiger partial charge is 0.466 e. The minimum Gasteiger partial charge on any atom is -0.466 e. The van der Waals surface area contributed by atoms with E-state index in [1.54, 1.807) is 50.5 Å². The zero-order valence-corrected chi connectivity index (χ0v) is 15.9. The normalized spacial score (nSPS) is 16.9. The molecule has 0 saturated heterocycles. The van der Waals surface area contributed by atoms with E-state index in [9.17, 15) is 9.59 Å². The molecule has 0 spiro atoms. The van der Waals surface area contributed by atoms with Gasteiger partial charge in [0.15, 0.2) is 0 Å². The van der Waals surface area contributed by atoms with Crippen molar-refractivity contribution < 1.29 is 19.1 Å². The fraction of sp³-hybridized carbons (Fsp3) is 0.217. The van der Waals surface area contributed by atoms with E-state index in [2.05, 4.69) is 0 Å². The quantitative estimate of drug-likeness (QED) is 0.697. The van der Waals surface area contributed by atoms with Crippen molar-refractivity contribution >= 4 is 12.1 Å². The van der Waals surface area contributed by atoms with Crippen LogP contribution in [-0.4, -0.2) is 23.6 Å². The summed E-state index contributed by atoms with van der Waals surface area (Å²) in [5.74, 6) is -0.482. The van der Waals surface area contributed by atoms with Gasteiger partial charge in [0.05, 0.1) is 12.5 Å². The highest BCUT2D eigenvalue weighted by Crippen LogP contribution is 2.35. The Bertz CT molecular complexity index is 874. The summed E-state index contributed by atoms with van der Waals surface area (Å²) in [6, 6.07) is 18.7. The molecule has 0 fully saturated rings. The molecule has 0 aromatic heterocycles. The minimum atomic E-state index is -0.539. The molecule has 0 N–H and O–H groups in total. The first kappa shape index (κ1) is 19.4. The van der Waals surface area contributed by atoms with E-state index in [1.807, 2.05) is 42.5 Å². The lowest BCUT2D eigenvalue weighted by Crippen LogP contribution is -2.30. The first-order chi connectivity index (χ1) is 13.6. The number of benzene rings is 2. The van der Waals surface area contributed by atoms with E-state index < -0.39 is 12.0 Å². The molecule has 5 nitrogen and oxygen atoms in total. The molecule has 3 rings (SSSR count). The van der Waals surface area contributed by atoms with Crippen molar-refractivity contribution in [3.8, 4) is 5.75 Å². The third-order valence-corrected chi connectivity index (χ3v) is 4.54. The Kier molecular flexibility index (Phi) is 6.27. The molecule has 1 heterocycles. The highest BCUT2D eigenvalue weighted by atomic mass is 16.6. The zero-order chi connectivity index (χ0) is 19.9. The van der Waals surface area contributed by atoms with Crippen LogP contribution in [0.25, 0.3) is 0 Å². The topological polar surface area (TPSA) is 55.8 Å². The van der Waals surface area contributed by atoms with Crippen LogP contribution >= 0.6 is 0 Å². The number of hydrogen-bond donors (Lipinski definition) is 0. The molecule has 1 amide bonds. The monoisotopic (exact) mass is 377 g/mol. The standard InChI is InChI=1S/C23H23NO4/c1-3-27-22(25)17(2)21-16-24(23(26)28-19-12-8-5-9-13-19)15-14-20(21)18-10-6-4-7-11-18/h4-17,20H,3H2,1-2H3. The van der Waals surface area contributed by atoms with E-state index in [0.717, 1.165) is 11.1 Å². The maximum absolute atomic E-state index is 12.6. The summed E-state index contributed by atoms with van der Waals surface area (Å²) >= 11 is 0. The molecule has 0 bridgehead atoms. The Morgan fingerprint density at radius 2 is 1.68 bits per heavy atom. The number of nitrogens with zero attached hydrogens (tertiary/aromatic N) is 1. The van der Waals surface area contributed by atoms with Gasteiger partial charge in [0.25, 0.3) is 0 Å². The van der Waals surface area contributed by atoms with Crippen LogP contribution in [0, 0.1) is 5.92 Å². The van der Waals surface area contributed by atoms with Gasteiger partial charge in [-0.25, -0.2) is 4.79 Å². The smallest absolute Gasteiger partial charge is 0.423 e. The minimum absolute atomic E-state index is 0.124. The third-order valence-electron chi connectivity index (χ3n) is 4.54. The fourth-order valence-electron chi connectivity index (χ4n) is 3.08. The van der Waals surface area contributed by atoms with Gasteiger partial charge < -0.3 is 9.47 Å². The van der Waals surface area contributed by atoms with Crippen LogP contribution in [0.4, 0.5) is 4.79 Å². The molecule has 2 aromatic carbocycles. The number of hydrogen-bond acceptors (Lipinski definition) is 4. The third kappa shape index (κ3) is 4.49. The average molecular weight is 377 g/mol. The Balaban J connectivity index is 1.87. The molecule has 2 aromatic rings. The first-order valence-electron chi connectivity index (χ1n) is 9.27. The number of rotatable bonds is 5. The average Bonchev–Trinajstić information content (AvgIpc) is 2.74. The van der Waals surface area contributed by atoms with Gasteiger partial charge in [-0.05, 0) is 37.1 Å². The summed E-state index contributed by atoms with van der Waals surface area (Å²) in [5.41, 5.74) is 1.81. The van der Waals surface area contributed by atoms with Crippen molar-refractivity contribution in [1.29, 1.82) is 0 Å². The summed E-state index contributed by atoms with van der Waals surface area (Å²) in [4.78, 5) is 26.3. The highest BCUT2D eigenvalue weighted by molar-refractivity contribution is 5.78. The molecule has 0 saturated carbocycles. The summed E-state index contributed by atoms with van der Waals surface area (Å²) < 4.78 is 10.6. The Labute approximate surface area is 164 Å². The predicted molar refractivity (Wildman–Crippen MR) is 107 cm³/mol. The second-order valence-electron chi connectivity index (χ2n) is 6.42. The molecular formula is C23H23NO4. The number of ether oxygens (including phenoxy) is 2. The van der Waals surface area contributed by atoms with Crippen LogP contribution < -0.4 is 4.74 Å². The molecule has 28 heavy (non-hydrogen) atoms. The summed E-state index contributed by atoms with van der Waals surface area (Å²) in [7, 11) is 0. The zero-order valence-electron chi connectivity index (χ0n) is 15.9. The Hall–Kier alpha value is -3.34. The SMILES string of the molecule is CCOC(=O)C(C)C1=CN(C(=O)Oc2ccccc2)C=CC1c1ccccc1. The summed E-state index contributed by atoms with van der Waals surface area (Å²) in [6.45, 7) is 3.87. The maximum Gasteiger partial charge on any atom is 0.423 e. The van der Waals surface area contributed by atoms with E-state index in [-0.39, 0.29) is 11.9 Å². The van der Waals surface area contributed by atoms with Crippen LogP contribution in [0.1, 0.15) is 25.3 Å². The van der Waals surface area contributed by atoms with Gasteiger partial charge >= 0.3 is 12.1 Å². The second-order valence-corrected chi connectivity index (χ2v) is 6.42. The lowest BCUT2D eigenvalue weighted by atomic mass is 9.83. The van der Waals surface area contributed by atoms with Crippen molar-refractivity contribution in [1.82, 2.24) is 4.90 Å². The van der Waals surface area contributed by atoms with Gasteiger partial charge in [0.2, 0.25) is 0 Å². The van der Waals surface area contributed by atoms with Crippen molar-refractivity contribution in [2.45, 2.75) is 19.8 Å². The van der Waals surface area contributed by atoms with Crippen LogP contribution in [0.15, 0.2) is 84.7 Å². The van der Waals surface area contributed by atoms with Gasteiger partial charge in [-0.3, -0.25) is 9.69 Å². The molecule has 1 aliphatic rings. The first-order valence-corrected chi connectivity index (χ1v) is 9.27. The van der Waals surface area contributed by atoms with Gasteiger partial charge in [-0.1, -0.05) is 54.6 Å². The second kappa shape index (κ2) is 9.04. The number of carbonyl (C=O) groups excluding carboxylic acids is 2. The Morgan fingerprint density at radius 1 is 1.04 bits per heavy atom. The molecule has 0 aliphatic carbocycles. The van der Waals surface area contributed by atoms with Gasteiger partial charge in [0.1, 0.15) is 5.75 Å².